The van der Waals surface area contributed by atoms with Crippen molar-refractivity contribution in [3.8, 4) is 0 Å². The van der Waals surface area contributed by atoms with Gasteiger partial charge in [-0.25, -0.2) is 4.18 Å². The molecule has 4 N–H and O–H groups in total. The third kappa shape index (κ3) is 38.0. The van der Waals surface area contributed by atoms with Crippen LogP contribution in [0.15, 0.2) is 72.9 Å². The maximum Gasteiger partial charge on any atom is 0.397 e. The van der Waals surface area contributed by atoms with Gasteiger partial charge in [0.15, 0.2) is 6.29 Å². The minimum atomic E-state index is -5.07. The minimum Gasteiger partial charge on any atom is -0.457 e. The van der Waals surface area contributed by atoms with Gasteiger partial charge in [0.1, 0.15) is 30.5 Å². The van der Waals surface area contributed by atoms with Crippen LogP contribution in [0.5, 0.6) is 0 Å². The Bertz CT molecular complexity index is 1440. The lowest BCUT2D eigenvalue weighted by atomic mass is 9.99. The van der Waals surface area contributed by atoms with E-state index in [0.29, 0.717) is 13.0 Å². The number of carbonyl (C=O) groups is 1. The summed E-state index contributed by atoms with van der Waals surface area (Å²) in [7, 11) is -5.07. The summed E-state index contributed by atoms with van der Waals surface area (Å²) in [6.45, 7) is 3.84. The van der Waals surface area contributed by atoms with Crippen molar-refractivity contribution in [1.82, 2.24) is 0 Å². The molecule has 388 valence electrons. The van der Waals surface area contributed by atoms with Crippen LogP contribution in [0.3, 0.4) is 0 Å². The average molecular weight is 967 g/mol. The fourth-order valence-corrected chi connectivity index (χ4v) is 8.14. The highest BCUT2D eigenvalue weighted by Crippen LogP contribution is 2.26. The molecule has 0 radical (unpaired) electrons. The molecule has 6 atom stereocenters. The number of unbranched alkanes of at least 4 members (excludes halogenated alkanes) is 20. The van der Waals surface area contributed by atoms with Crippen molar-refractivity contribution in [3.05, 3.63) is 72.9 Å². The molecule has 0 aliphatic carbocycles. The van der Waals surface area contributed by atoms with Gasteiger partial charge >= 0.3 is 16.4 Å². The fourth-order valence-electron chi connectivity index (χ4n) is 7.64. The molecule has 0 aromatic heterocycles. The van der Waals surface area contributed by atoms with E-state index in [1.165, 1.54) is 83.5 Å². The first kappa shape index (κ1) is 62.6. The second-order valence-corrected chi connectivity index (χ2v) is 18.8. The lowest BCUT2D eigenvalue weighted by Crippen LogP contribution is -2.60. The van der Waals surface area contributed by atoms with Gasteiger partial charge < -0.3 is 34.3 Å². The highest BCUT2D eigenvalue weighted by molar-refractivity contribution is 7.80. The van der Waals surface area contributed by atoms with Crippen molar-refractivity contribution in [1.29, 1.82) is 0 Å². The van der Waals surface area contributed by atoms with Gasteiger partial charge in [0.05, 0.1) is 19.8 Å². The average Bonchev–Trinajstić information content (AvgIpc) is 3.30. The van der Waals surface area contributed by atoms with Gasteiger partial charge in [0, 0.05) is 13.0 Å². The Morgan fingerprint density at radius 1 is 0.582 bits per heavy atom. The maximum absolute atomic E-state index is 12.9. The number of aliphatic hydroxyl groups is 3. The summed E-state index contributed by atoms with van der Waals surface area (Å²) in [6, 6.07) is 0. The molecule has 1 aliphatic heterocycles. The maximum atomic E-state index is 12.9. The van der Waals surface area contributed by atoms with E-state index >= 15 is 0 Å². The third-order valence-electron chi connectivity index (χ3n) is 11.6. The summed E-state index contributed by atoms with van der Waals surface area (Å²) in [5, 5.41) is 30.8. The highest BCUT2D eigenvalue weighted by Gasteiger charge is 2.48. The zero-order valence-electron chi connectivity index (χ0n) is 41.7. The van der Waals surface area contributed by atoms with E-state index in [1.54, 1.807) is 0 Å². The van der Waals surface area contributed by atoms with Crippen LogP contribution in [0.2, 0.25) is 0 Å². The van der Waals surface area contributed by atoms with Crippen LogP contribution >= 0.6 is 0 Å². The Hall–Kier alpha value is -2.46. The lowest BCUT2D eigenvalue weighted by Gasteiger charge is -2.41. The first-order valence-corrected chi connectivity index (χ1v) is 27.6. The number of carbonyl (C=O) groups excluding carboxylic acids is 1. The molecule has 0 amide bonds. The van der Waals surface area contributed by atoms with Gasteiger partial charge in [0.2, 0.25) is 0 Å². The van der Waals surface area contributed by atoms with Crippen LogP contribution in [0.4, 0.5) is 0 Å². The van der Waals surface area contributed by atoms with E-state index in [9.17, 15) is 33.1 Å². The molecule has 1 heterocycles. The molecule has 0 aromatic rings. The van der Waals surface area contributed by atoms with Gasteiger partial charge in [-0.2, -0.15) is 8.42 Å². The van der Waals surface area contributed by atoms with Crippen LogP contribution in [0.25, 0.3) is 0 Å². The zero-order chi connectivity index (χ0) is 48.9. The highest BCUT2D eigenvalue weighted by atomic mass is 32.3. The van der Waals surface area contributed by atoms with Crippen molar-refractivity contribution in [3.63, 3.8) is 0 Å². The number of rotatable bonds is 45. The number of hydrogen-bond donors (Lipinski definition) is 4. The molecule has 13 heteroatoms. The van der Waals surface area contributed by atoms with E-state index in [1.807, 2.05) is 0 Å². The number of esters is 1. The summed E-state index contributed by atoms with van der Waals surface area (Å²) >= 11 is 0. The Balaban J connectivity index is 2.36. The molecule has 0 saturated carbocycles. The Morgan fingerprint density at radius 2 is 1.03 bits per heavy atom. The standard InChI is InChI=1S/C54H94O12S/c1-3-5-7-9-11-13-15-17-19-21-22-23-24-25-26-27-29-31-33-35-37-39-41-43-50(56)64-48(47-63-54-52(58)53(66-67(59,60)61)51(57)49(45-55)65-54)46-62-44-42-40-38-36-34-32-30-28-20-18-16-14-12-10-8-6-4-2/h5,7,11,13-14,16-17,19-20,22-23,28,48-49,51-55,57-58H,3-4,6,8-10,12,15,18,21,24-27,29-47H2,1-2H3,(H,59,60,61)/b7-5-,13-11-,16-14-,19-17-,23-22-,28-20-. The van der Waals surface area contributed by atoms with Gasteiger partial charge in [-0.05, 0) is 83.5 Å². The van der Waals surface area contributed by atoms with E-state index in [-0.39, 0.29) is 19.6 Å². The lowest BCUT2D eigenvalue weighted by molar-refractivity contribution is -0.301. The normalized spacial score (nSPS) is 20.0. The molecule has 1 aliphatic rings. The van der Waals surface area contributed by atoms with Crippen molar-refractivity contribution in [2.24, 2.45) is 0 Å². The van der Waals surface area contributed by atoms with E-state index in [4.69, 9.17) is 18.9 Å². The second kappa shape index (κ2) is 44.7. The molecular formula is C54H94O12S. The number of allylic oxidation sites excluding steroid dienone is 12. The molecule has 1 fully saturated rings. The minimum absolute atomic E-state index is 0.0242. The zero-order valence-corrected chi connectivity index (χ0v) is 42.5. The second-order valence-electron chi connectivity index (χ2n) is 17.7. The molecular weight excluding hydrogens is 873 g/mol. The Morgan fingerprint density at radius 3 is 1.51 bits per heavy atom. The summed E-state index contributed by atoms with van der Waals surface area (Å²) in [4.78, 5) is 12.9. The van der Waals surface area contributed by atoms with Crippen LogP contribution in [-0.4, -0.2) is 97.5 Å². The molecule has 0 spiro atoms. The largest absolute Gasteiger partial charge is 0.457 e. The summed E-state index contributed by atoms with van der Waals surface area (Å²) in [5.41, 5.74) is 0. The monoisotopic (exact) mass is 967 g/mol. The number of aliphatic hydroxyl groups excluding tert-OH is 3. The molecule has 0 bridgehead atoms. The Kier molecular flexibility index (Phi) is 41.8. The van der Waals surface area contributed by atoms with Gasteiger partial charge in [0.25, 0.3) is 0 Å². The smallest absolute Gasteiger partial charge is 0.397 e. The van der Waals surface area contributed by atoms with E-state index in [2.05, 4.69) is 90.9 Å². The van der Waals surface area contributed by atoms with Gasteiger partial charge in [-0.3, -0.25) is 9.35 Å². The molecule has 12 nitrogen and oxygen atoms in total. The SMILES string of the molecule is CC/C=C\C/C=C\C/C=C\C/C=C\CCCCCCCCCCCCC(=O)OC(COCCCCCCCC/C=C\C/C=C\CCCCCC)COC1OC(CO)C(O)C(OS(=O)(=O)O)C1O. The molecule has 6 unspecified atom stereocenters. The van der Waals surface area contributed by atoms with Crippen LogP contribution in [0, 0.1) is 0 Å². The molecule has 67 heavy (non-hydrogen) atoms. The predicted molar refractivity (Wildman–Crippen MR) is 271 cm³/mol. The van der Waals surface area contributed by atoms with Crippen molar-refractivity contribution >= 4 is 16.4 Å². The van der Waals surface area contributed by atoms with Gasteiger partial charge in [-0.1, -0.05) is 183 Å². The number of hydrogen-bond acceptors (Lipinski definition) is 11. The van der Waals surface area contributed by atoms with E-state index < -0.39 is 59.8 Å². The fraction of sp³-hybridized carbons (Fsp3) is 0.759. The first-order valence-electron chi connectivity index (χ1n) is 26.2. The summed E-state index contributed by atoms with van der Waals surface area (Å²) < 4.78 is 59.3. The van der Waals surface area contributed by atoms with Gasteiger partial charge in [-0.15, -0.1) is 0 Å². The molecule has 1 rings (SSSR count). The number of ether oxygens (including phenoxy) is 4. The van der Waals surface area contributed by atoms with Crippen molar-refractivity contribution < 1.29 is 56.2 Å². The summed E-state index contributed by atoms with van der Waals surface area (Å²) in [6.07, 6.45) is 49.3. The quantitative estimate of drug-likeness (QED) is 0.0197. The van der Waals surface area contributed by atoms with Crippen LogP contribution in [-0.2, 0) is 38.3 Å². The summed E-state index contributed by atoms with van der Waals surface area (Å²) in [5.74, 6) is -0.409. The van der Waals surface area contributed by atoms with E-state index in [0.717, 1.165) is 89.9 Å². The topological polar surface area (TPSA) is 178 Å². The van der Waals surface area contributed by atoms with Crippen molar-refractivity contribution in [2.75, 3.05) is 26.4 Å². The van der Waals surface area contributed by atoms with Crippen LogP contribution < -0.4 is 0 Å². The molecule has 1 saturated heterocycles. The van der Waals surface area contributed by atoms with Crippen LogP contribution in [0.1, 0.15) is 200 Å². The van der Waals surface area contributed by atoms with Crippen molar-refractivity contribution in [2.45, 2.75) is 237 Å². The third-order valence-corrected chi connectivity index (χ3v) is 12.0. The first-order chi connectivity index (χ1) is 32.6. The Labute approximate surface area is 407 Å². The molecule has 0 aromatic carbocycles. The predicted octanol–water partition coefficient (Wildman–Crippen LogP) is 12.2.